The quantitative estimate of drug-likeness (QED) is 0.392. The third-order valence-corrected chi connectivity index (χ3v) is 5.32. The van der Waals surface area contributed by atoms with E-state index >= 15 is 0 Å². The van der Waals surface area contributed by atoms with Crippen LogP contribution in [0.4, 0.5) is 11.9 Å². The summed E-state index contributed by atoms with van der Waals surface area (Å²) in [6.45, 7) is 4.00. The van der Waals surface area contributed by atoms with Crippen LogP contribution < -0.4 is 17.0 Å². The van der Waals surface area contributed by atoms with Crippen LogP contribution in [0.25, 0.3) is 16.6 Å². The normalized spacial score (nSPS) is 11.1. The van der Waals surface area contributed by atoms with Gasteiger partial charge in [-0.05, 0) is 37.6 Å². The largest absolute Gasteiger partial charge is 0.368 e. The van der Waals surface area contributed by atoms with Crippen LogP contribution in [-0.2, 0) is 5.75 Å². The number of nitrogens with zero attached hydrogens (tertiary/aromatic N) is 5. The molecule has 4 N–H and O–H groups in total. The van der Waals surface area contributed by atoms with Gasteiger partial charge in [0.05, 0.1) is 22.3 Å². The molecule has 0 aliphatic heterocycles. The first kappa shape index (κ1) is 18.9. The van der Waals surface area contributed by atoms with Gasteiger partial charge in [0.2, 0.25) is 11.9 Å². The molecule has 9 heteroatoms. The maximum absolute atomic E-state index is 13.3. The second-order valence-corrected chi connectivity index (χ2v) is 7.54. The Hall–Kier alpha value is -3.46. The smallest absolute Gasteiger partial charge is 0.266 e. The number of aryl methyl sites for hydroxylation is 2. The number of aromatic nitrogens is 5. The lowest BCUT2D eigenvalue weighted by Gasteiger charge is -2.15. The Morgan fingerprint density at radius 3 is 2.41 bits per heavy atom. The molecule has 2 aromatic heterocycles. The molecule has 2 aromatic carbocycles. The van der Waals surface area contributed by atoms with E-state index in [1.165, 1.54) is 11.8 Å². The number of anilines is 2. The SMILES string of the molecule is Cc1ccc(-n2c(SCc3nc(N)nc(N)n3)nc3ccccc3c2=O)c(C)c1. The number of para-hydroxylation sites is 1. The number of benzene rings is 2. The number of thioether (sulfide) groups is 1. The van der Waals surface area contributed by atoms with Gasteiger partial charge in [-0.1, -0.05) is 41.6 Å². The summed E-state index contributed by atoms with van der Waals surface area (Å²) in [5, 5.41) is 1.10. The number of hydrogen-bond donors (Lipinski definition) is 2. The van der Waals surface area contributed by atoms with Gasteiger partial charge in [0.1, 0.15) is 5.82 Å². The van der Waals surface area contributed by atoms with Crippen molar-refractivity contribution in [2.24, 2.45) is 0 Å². The van der Waals surface area contributed by atoms with Crippen molar-refractivity contribution < 1.29 is 0 Å². The topological polar surface area (TPSA) is 126 Å². The van der Waals surface area contributed by atoms with Crippen LogP contribution in [-0.4, -0.2) is 24.5 Å². The van der Waals surface area contributed by atoms with Gasteiger partial charge in [0.25, 0.3) is 5.56 Å². The second-order valence-electron chi connectivity index (χ2n) is 6.60. The van der Waals surface area contributed by atoms with E-state index in [9.17, 15) is 4.79 Å². The number of nitrogen functional groups attached to an aromatic ring is 2. The molecule has 2 heterocycles. The highest BCUT2D eigenvalue weighted by atomic mass is 32.2. The van der Waals surface area contributed by atoms with E-state index in [1.807, 2.05) is 50.2 Å². The molecule has 0 fully saturated rings. The summed E-state index contributed by atoms with van der Waals surface area (Å²) in [4.78, 5) is 30.1. The zero-order valence-electron chi connectivity index (χ0n) is 16.0. The standard InChI is InChI=1S/C20H19N7OS/c1-11-7-8-15(12(2)9-11)27-17(28)13-5-3-4-6-14(13)23-20(27)29-10-16-24-18(21)26-19(22)25-16/h3-9H,10H2,1-2H3,(H4,21,22,24,25,26). The van der Waals surface area contributed by atoms with E-state index in [0.717, 1.165) is 16.8 Å². The van der Waals surface area contributed by atoms with Crippen molar-refractivity contribution >= 4 is 34.6 Å². The van der Waals surface area contributed by atoms with Crippen molar-refractivity contribution in [1.29, 1.82) is 0 Å². The minimum absolute atomic E-state index is 0.0614. The molecule has 4 aromatic rings. The van der Waals surface area contributed by atoms with Crippen LogP contribution >= 0.6 is 11.8 Å². The molecule has 146 valence electrons. The van der Waals surface area contributed by atoms with Crippen LogP contribution in [0.3, 0.4) is 0 Å². The predicted octanol–water partition coefficient (Wildman–Crippen LogP) is 2.64. The predicted molar refractivity (Wildman–Crippen MR) is 115 cm³/mol. The summed E-state index contributed by atoms with van der Waals surface area (Å²) >= 11 is 1.34. The van der Waals surface area contributed by atoms with Gasteiger partial charge in [0.15, 0.2) is 5.16 Å². The molecule has 29 heavy (non-hydrogen) atoms. The van der Waals surface area contributed by atoms with Crippen molar-refractivity contribution in [3.63, 3.8) is 0 Å². The van der Waals surface area contributed by atoms with Gasteiger partial charge in [-0.3, -0.25) is 9.36 Å². The van der Waals surface area contributed by atoms with Crippen LogP contribution in [0.5, 0.6) is 0 Å². The van der Waals surface area contributed by atoms with Crippen LogP contribution in [0.2, 0.25) is 0 Å². The van der Waals surface area contributed by atoms with Crippen molar-refractivity contribution in [3.05, 3.63) is 69.8 Å². The number of hydrogen-bond acceptors (Lipinski definition) is 8. The Morgan fingerprint density at radius 2 is 1.69 bits per heavy atom. The fourth-order valence-corrected chi connectivity index (χ4v) is 3.99. The first-order chi connectivity index (χ1) is 13.9. The zero-order valence-corrected chi connectivity index (χ0v) is 16.8. The molecule has 4 rings (SSSR count). The third-order valence-electron chi connectivity index (χ3n) is 4.38. The fraction of sp³-hybridized carbons (Fsp3) is 0.150. The molecule has 8 nitrogen and oxygen atoms in total. The Balaban J connectivity index is 1.86. The highest BCUT2D eigenvalue weighted by Crippen LogP contribution is 2.25. The van der Waals surface area contributed by atoms with Gasteiger partial charge in [-0.15, -0.1) is 0 Å². The highest BCUT2D eigenvalue weighted by molar-refractivity contribution is 7.98. The van der Waals surface area contributed by atoms with E-state index in [1.54, 1.807) is 10.6 Å². The molecule has 0 aliphatic rings. The first-order valence-corrected chi connectivity index (χ1v) is 9.89. The van der Waals surface area contributed by atoms with E-state index < -0.39 is 0 Å². The third kappa shape index (κ3) is 3.77. The molecular weight excluding hydrogens is 386 g/mol. The summed E-state index contributed by atoms with van der Waals surface area (Å²) in [6.07, 6.45) is 0. The van der Waals surface area contributed by atoms with Crippen molar-refractivity contribution in [1.82, 2.24) is 24.5 Å². The van der Waals surface area contributed by atoms with Crippen molar-refractivity contribution in [3.8, 4) is 5.69 Å². The van der Waals surface area contributed by atoms with E-state index in [0.29, 0.717) is 27.6 Å². The molecule has 0 radical (unpaired) electrons. The Labute approximate surface area is 171 Å². The molecule has 0 aliphatic carbocycles. The van der Waals surface area contributed by atoms with Gasteiger partial charge in [-0.25, -0.2) is 4.98 Å². The summed E-state index contributed by atoms with van der Waals surface area (Å²) in [5.74, 6) is 0.888. The molecule has 0 unspecified atom stereocenters. The minimum atomic E-state index is -0.125. The van der Waals surface area contributed by atoms with E-state index in [4.69, 9.17) is 16.5 Å². The van der Waals surface area contributed by atoms with Crippen molar-refractivity contribution in [2.75, 3.05) is 11.5 Å². The lowest BCUT2D eigenvalue weighted by Crippen LogP contribution is -2.22. The molecule has 0 saturated heterocycles. The lowest BCUT2D eigenvalue weighted by molar-refractivity contribution is 0.812. The Kier molecular flexibility index (Phi) is 4.89. The van der Waals surface area contributed by atoms with Crippen LogP contribution in [0.1, 0.15) is 17.0 Å². The zero-order chi connectivity index (χ0) is 20.5. The molecule has 0 saturated carbocycles. The summed E-state index contributed by atoms with van der Waals surface area (Å²) in [6, 6.07) is 13.3. The number of fused-ring (bicyclic) bond motifs is 1. The summed E-state index contributed by atoms with van der Waals surface area (Å²) in [5.41, 5.74) is 14.7. The fourth-order valence-electron chi connectivity index (χ4n) is 3.13. The van der Waals surface area contributed by atoms with Gasteiger partial charge in [-0.2, -0.15) is 15.0 Å². The molecule has 0 spiro atoms. The van der Waals surface area contributed by atoms with E-state index in [-0.39, 0.29) is 17.5 Å². The number of nitrogens with two attached hydrogens (primary N) is 2. The van der Waals surface area contributed by atoms with Gasteiger partial charge >= 0.3 is 0 Å². The minimum Gasteiger partial charge on any atom is -0.368 e. The van der Waals surface area contributed by atoms with E-state index in [2.05, 4.69) is 15.0 Å². The maximum atomic E-state index is 13.3. The molecule has 0 bridgehead atoms. The maximum Gasteiger partial charge on any atom is 0.266 e. The monoisotopic (exact) mass is 405 g/mol. The average Bonchev–Trinajstić information content (AvgIpc) is 2.67. The van der Waals surface area contributed by atoms with Crippen LogP contribution in [0.15, 0.2) is 52.4 Å². The summed E-state index contributed by atoms with van der Waals surface area (Å²) in [7, 11) is 0. The molecule has 0 amide bonds. The number of rotatable bonds is 4. The first-order valence-electron chi connectivity index (χ1n) is 8.90. The highest BCUT2D eigenvalue weighted by Gasteiger charge is 2.16. The Bertz CT molecular complexity index is 1270. The average molecular weight is 405 g/mol. The molecular formula is C20H19N7OS. The Morgan fingerprint density at radius 1 is 0.966 bits per heavy atom. The van der Waals surface area contributed by atoms with Gasteiger partial charge < -0.3 is 11.5 Å². The molecule has 0 atom stereocenters. The van der Waals surface area contributed by atoms with Crippen molar-refractivity contribution in [2.45, 2.75) is 24.8 Å². The van der Waals surface area contributed by atoms with Gasteiger partial charge in [0, 0.05) is 0 Å². The van der Waals surface area contributed by atoms with Crippen LogP contribution in [0, 0.1) is 13.8 Å². The second kappa shape index (κ2) is 7.51. The lowest BCUT2D eigenvalue weighted by atomic mass is 10.1. The summed E-state index contributed by atoms with van der Waals surface area (Å²) < 4.78 is 1.63.